The summed E-state index contributed by atoms with van der Waals surface area (Å²) in [5.41, 5.74) is 3.09. The van der Waals surface area contributed by atoms with E-state index in [4.69, 9.17) is 37.4 Å². The molecule has 0 saturated carbocycles. The summed E-state index contributed by atoms with van der Waals surface area (Å²) in [6.45, 7) is 1.71. The maximum Gasteiger partial charge on any atom is 0.328 e. The number of amides is 1. The van der Waals surface area contributed by atoms with Crippen molar-refractivity contribution in [3.05, 3.63) is 81.3 Å². The van der Waals surface area contributed by atoms with Crippen LogP contribution in [0.15, 0.2) is 54.6 Å². The number of carbonyl (C=O) groups excluding carboxylic acids is 2. The number of methoxy groups -OCH3 is 2. The third kappa shape index (κ3) is 6.29. The molecule has 7 nitrogen and oxygen atoms in total. The minimum Gasteiger partial charge on any atom is -0.496 e. The van der Waals surface area contributed by atoms with Gasteiger partial charge in [0.15, 0.2) is 0 Å². The molecular weight excluding hydrogens is 505 g/mol. The Morgan fingerprint density at radius 3 is 2.03 bits per heavy atom. The van der Waals surface area contributed by atoms with Crippen LogP contribution in [-0.4, -0.2) is 43.9 Å². The average molecular weight is 532 g/mol. The molecule has 0 aliphatic heterocycles. The van der Waals surface area contributed by atoms with E-state index in [2.05, 4.69) is 5.32 Å². The standard InChI is InChI=1S/C27H27Cl2NO6/c1-4-36-27(33)21(30-26(32)25-19(28)6-5-7-20(25)29)12-16-8-10-18(11-9-16)24-22(34-2)13-17(15-31)14-23(24)35-3/h5-11,13-14,21,31H,4,12,15H2,1-3H3,(H,30,32)/t21-/m0/s1. The molecule has 190 valence electrons. The summed E-state index contributed by atoms with van der Waals surface area (Å²) in [5.74, 6) is -0.0291. The zero-order valence-electron chi connectivity index (χ0n) is 20.1. The van der Waals surface area contributed by atoms with Crippen LogP contribution >= 0.6 is 23.2 Å². The Morgan fingerprint density at radius 2 is 1.53 bits per heavy atom. The molecule has 1 amide bonds. The van der Waals surface area contributed by atoms with Gasteiger partial charge in [0.1, 0.15) is 17.5 Å². The van der Waals surface area contributed by atoms with Crippen LogP contribution in [0.2, 0.25) is 10.0 Å². The molecule has 0 radical (unpaired) electrons. The van der Waals surface area contributed by atoms with Crippen LogP contribution in [0.3, 0.4) is 0 Å². The second kappa shape index (κ2) is 12.6. The minimum absolute atomic E-state index is 0.0935. The molecule has 9 heteroatoms. The summed E-state index contributed by atoms with van der Waals surface area (Å²) in [5, 5.41) is 12.6. The lowest BCUT2D eigenvalue weighted by Gasteiger charge is -2.19. The van der Waals surface area contributed by atoms with E-state index in [0.717, 1.165) is 16.7 Å². The van der Waals surface area contributed by atoms with E-state index < -0.39 is 17.9 Å². The van der Waals surface area contributed by atoms with Crippen LogP contribution in [0.25, 0.3) is 11.1 Å². The van der Waals surface area contributed by atoms with Gasteiger partial charge in [-0.1, -0.05) is 53.5 Å². The highest BCUT2D eigenvalue weighted by Crippen LogP contribution is 2.39. The van der Waals surface area contributed by atoms with Crippen molar-refractivity contribution in [3.63, 3.8) is 0 Å². The van der Waals surface area contributed by atoms with Crippen LogP contribution in [-0.2, 0) is 22.6 Å². The van der Waals surface area contributed by atoms with Crippen molar-refractivity contribution < 1.29 is 28.9 Å². The minimum atomic E-state index is -0.955. The van der Waals surface area contributed by atoms with Gasteiger partial charge in [-0.25, -0.2) is 4.79 Å². The number of aliphatic hydroxyl groups excluding tert-OH is 1. The van der Waals surface area contributed by atoms with Gasteiger partial charge in [-0.05, 0) is 47.9 Å². The van der Waals surface area contributed by atoms with Crippen LogP contribution in [0, 0.1) is 0 Å². The van der Waals surface area contributed by atoms with Gasteiger partial charge in [-0.15, -0.1) is 0 Å². The van der Waals surface area contributed by atoms with Crippen molar-refractivity contribution in [2.24, 2.45) is 0 Å². The SMILES string of the molecule is CCOC(=O)[C@H](Cc1ccc(-c2c(OC)cc(CO)cc2OC)cc1)NC(=O)c1c(Cl)cccc1Cl. The van der Waals surface area contributed by atoms with E-state index in [-0.39, 0.29) is 35.2 Å². The summed E-state index contributed by atoms with van der Waals surface area (Å²) in [7, 11) is 3.09. The van der Waals surface area contributed by atoms with E-state index >= 15 is 0 Å². The molecule has 3 rings (SSSR count). The number of halogens is 2. The van der Waals surface area contributed by atoms with Gasteiger partial charge in [-0.2, -0.15) is 0 Å². The third-order valence-corrected chi connectivity index (χ3v) is 6.13. The van der Waals surface area contributed by atoms with E-state index in [0.29, 0.717) is 17.1 Å². The van der Waals surface area contributed by atoms with Gasteiger partial charge in [-0.3, -0.25) is 4.79 Å². The van der Waals surface area contributed by atoms with Crippen molar-refractivity contribution >= 4 is 35.1 Å². The number of ether oxygens (including phenoxy) is 3. The van der Waals surface area contributed by atoms with Gasteiger partial charge >= 0.3 is 5.97 Å². The lowest BCUT2D eigenvalue weighted by molar-refractivity contribution is -0.145. The van der Waals surface area contributed by atoms with E-state index in [1.807, 2.05) is 24.3 Å². The van der Waals surface area contributed by atoms with Gasteiger partial charge in [0, 0.05) is 6.42 Å². The molecule has 0 aliphatic carbocycles. The highest BCUT2D eigenvalue weighted by Gasteiger charge is 2.25. The number of nitrogens with one attached hydrogen (secondary N) is 1. The first-order chi connectivity index (χ1) is 17.3. The summed E-state index contributed by atoms with van der Waals surface area (Å²) < 4.78 is 16.2. The summed E-state index contributed by atoms with van der Waals surface area (Å²) in [6, 6.07) is 14.7. The molecular formula is C27H27Cl2NO6. The highest BCUT2D eigenvalue weighted by atomic mass is 35.5. The number of aliphatic hydroxyl groups is 1. The van der Waals surface area contributed by atoms with Crippen molar-refractivity contribution in [1.82, 2.24) is 5.32 Å². The van der Waals surface area contributed by atoms with Crippen LogP contribution in [0.1, 0.15) is 28.4 Å². The molecule has 0 saturated heterocycles. The van der Waals surface area contributed by atoms with Gasteiger partial charge in [0.05, 0.1) is 48.6 Å². The van der Waals surface area contributed by atoms with Crippen LogP contribution in [0.4, 0.5) is 0 Å². The average Bonchev–Trinajstić information content (AvgIpc) is 2.88. The quantitative estimate of drug-likeness (QED) is 0.354. The zero-order valence-corrected chi connectivity index (χ0v) is 21.7. The van der Waals surface area contributed by atoms with E-state index in [1.165, 1.54) is 0 Å². The number of esters is 1. The molecule has 0 aliphatic rings. The second-order valence-corrected chi connectivity index (χ2v) is 8.62. The van der Waals surface area contributed by atoms with Gasteiger partial charge < -0.3 is 24.6 Å². The van der Waals surface area contributed by atoms with E-state index in [9.17, 15) is 14.7 Å². The molecule has 0 fully saturated rings. The molecule has 0 heterocycles. The lowest BCUT2D eigenvalue weighted by atomic mass is 9.98. The third-order valence-electron chi connectivity index (χ3n) is 5.50. The summed E-state index contributed by atoms with van der Waals surface area (Å²) in [6.07, 6.45) is 0.185. The molecule has 0 unspecified atom stereocenters. The Bertz CT molecular complexity index is 1180. The van der Waals surface area contributed by atoms with Crippen molar-refractivity contribution in [1.29, 1.82) is 0 Å². The largest absolute Gasteiger partial charge is 0.496 e. The first-order valence-electron chi connectivity index (χ1n) is 11.2. The number of hydrogen-bond donors (Lipinski definition) is 2. The van der Waals surface area contributed by atoms with Crippen LogP contribution in [0.5, 0.6) is 11.5 Å². The number of carbonyl (C=O) groups is 2. The Kier molecular flexibility index (Phi) is 9.58. The molecule has 3 aromatic rings. The number of hydrogen-bond acceptors (Lipinski definition) is 6. The molecule has 0 aromatic heterocycles. The highest BCUT2D eigenvalue weighted by molar-refractivity contribution is 6.39. The monoisotopic (exact) mass is 531 g/mol. The molecule has 2 N–H and O–H groups in total. The molecule has 1 atom stereocenters. The second-order valence-electron chi connectivity index (χ2n) is 7.81. The fourth-order valence-corrected chi connectivity index (χ4v) is 4.34. The normalized spacial score (nSPS) is 11.5. The topological polar surface area (TPSA) is 94.1 Å². The summed E-state index contributed by atoms with van der Waals surface area (Å²) >= 11 is 12.3. The zero-order chi connectivity index (χ0) is 26.2. The van der Waals surface area contributed by atoms with E-state index in [1.54, 1.807) is 51.5 Å². The Hall–Kier alpha value is -3.26. The predicted molar refractivity (Wildman–Crippen MR) is 139 cm³/mol. The van der Waals surface area contributed by atoms with Crippen molar-refractivity contribution in [3.8, 4) is 22.6 Å². The fourth-order valence-electron chi connectivity index (χ4n) is 3.77. The fraction of sp³-hybridized carbons (Fsp3) is 0.259. The maximum absolute atomic E-state index is 12.9. The smallest absolute Gasteiger partial charge is 0.328 e. The molecule has 36 heavy (non-hydrogen) atoms. The summed E-state index contributed by atoms with van der Waals surface area (Å²) in [4.78, 5) is 25.5. The first-order valence-corrected chi connectivity index (χ1v) is 11.9. The number of benzene rings is 3. The van der Waals surface area contributed by atoms with Crippen LogP contribution < -0.4 is 14.8 Å². The molecule has 0 bridgehead atoms. The van der Waals surface area contributed by atoms with Gasteiger partial charge in [0.25, 0.3) is 5.91 Å². The maximum atomic E-state index is 12.9. The van der Waals surface area contributed by atoms with Crippen molar-refractivity contribution in [2.75, 3.05) is 20.8 Å². The Morgan fingerprint density at radius 1 is 0.944 bits per heavy atom. The molecule has 3 aromatic carbocycles. The van der Waals surface area contributed by atoms with Gasteiger partial charge in [0.2, 0.25) is 0 Å². The number of rotatable bonds is 10. The molecule has 0 spiro atoms. The Labute approximate surface area is 219 Å². The predicted octanol–water partition coefficient (Wildman–Crippen LogP) is 5.07. The Balaban J connectivity index is 1.88. The lowest BCUT2D eigenvalue weighted by Crippen LogP contribution is -2.43. The first kappa shape index (κ1) is 27.3. The van der Waals surface area contributed by atoms with Crippen molar-refractivity contribution in [2.45, 2.75) is 26.0 Å².